The minimum absolute atomic E-state index is 0.311. The molecule has 84 valence electrons. The maximum Gasteiger partial charge on any atom is 0.324 e. The van der Waals surface area contributed by atoms with Crippen LogP contribution < -0.4 is 5.73 Å². The van der Waals surface area contributed by atoms with Gasteiger partial charge < -0.3 is 5.73 Å². The smallest absolute Gasteiger partial charge is 0.324 e. The zero-order valence-electron chi connectivity index (χ0n) is 8.23. The molecule has 0 saturated heterocycles. The van der Waals surface area contributed by atoms with E-state index in [1.165, 1.54) is 12.4 Å². The van der Waals surface area contributed by atoms with Gasteiger partial charge in [-0.1, -0.05) is 0 Å². The van der Waals surface area contributed by atoms with E-state index in [1.54, 1.807) is 12.1 Å². The van der Waals surface area contributed by atoms with Crippen LogP contribution in [0.2, 0.25) is 0 Å². The van der Waals surface area contributed by atoms with Gasteiger partial charge in [0.1, 0.15) is 5.65 Å². The first-order valence-corrected chi connectivity index (χ1v) is 4.62. The first-order chi connectivity index (χ1) is 7.59. The number of aromatic nitrogens is 2. The highest BCUT2D eigenvalue weighted by Gasteiger charge is 2.15. The SMILES string of the molecule is NC(=O)n1cc(CC(F)F)c2cccnc21. The van der Waals surface area contributed by atoms with Gasteiger partial charge in [0.05, 0.1) is 0 Å². The number of nitrogens with zero attached hydrogens (tertiary/aromatic N) is 2. The van der Waals surface area contributed by atoms with E-state index in [4.69, 9.17) is 5.73 Å². The van der Waals surface area contributed by atoms with Gasteiger partial charge in [0, 0.05) is 24.2 Å². The summed E-state index contributed by atoms with van der Waals surface area (Å²) in [5, 5.41) is 0.529. The van der Waals surface area contributed by atoms with Gasteiger partial charge in [-0.3, -0.25) is 4.57 Å². The molecule has 0 bridgehead atoms. The lowest BCUT2D eigenvalue weighted by Crippen LogP contribution is -2.18. The lowest BCUT2D eigenvalue weighted by molar-refractivity contribution is 0.149. The van der Waals surface area contributed by atoms with Gasteiger partial charge in [0.25, 0.3) is 0 Å². The highest BCUT2D eigenvalue weighted by molar-refractivity contribution is 5.90. The van der Waals surface area contributed by atoms with Crippen molar-refractivity contribution in [2.45, 2.75) is 12.8 Å². The molecule has 0 radical (unpaired) electrons. The number of fused-ring (bicyclic) bond motifs is 1. The summed E-state index contributed by atoms with van der Waals surface area (Å²) < 4.78 is 25.7. The Kier molecular flexibility index (Phi) is 2.55. The summed E-state index contributed by atoms with van der Waals surface area (Å²) >= 11 is 0. The molecule has 6 heteroatoms. The van der Waals surface area contributed by atoms with Crippen molar-refractivity contribution in [1.29, 1.82) is 0 Å². The maximum absolute atomic E-state index is 12.3. The van der Waals surface area contributed by atoms with Gasteiger partial charge in [0.15, 0.2) is 0 Å². The summed E-state index contributed by atoms with van der Waals surface area (Å²) in [6.45, 7) is 0. The topological polar surface area (TPSA) is 60.9 Å². The van der Waals surface area contributed by atoms with Crippen molar-refractivity contribution in [3.05, 3.63) is 30.1 Å². The molecule has 2 aromatic heterocycles. The number of nitrogens with two attached hydrogens (primary N) is 1. The molecule has 0 aliphatic carbocycles. The number of primary amides is 1. The minimum atomic E-state index is -2.47. The number of rotatable bonds is 2. The van der Waals surface area contributed by atoms with Crippen LogP contribution in [0.1, 0.15) is 5.56 Å². The Hall–Kier alpha value is -1.98. The summed E-state index contributed by atoms with van der Waals surface area (Å²) in [4.78, 5) is 15.0. The number of halogens is 2. The molecule has 0 fully saturated rings. The van der Waals surface area contributed by atoms with Gasteiger partial charge in [0.2, 0.25) is 6.43 Å². The van der Waals surface area contributed by atoms with Crippen molar-refractivity contribution in [2.75, 3.05) is 0 Å². The Morgan fingerprint density at radius 1 is 1.56 bits per heavy atom. The van der Waals surface area contributed by atoms with Gasteiger partial charge in [-0.25, -0.2) is 18.6 Å². The number of amides is 1. The van der Waals surface area contributed by atoms with Crippen LogP contribution in [0.3, 0.4) is 0 Å². The van der Waals surface area contributed by atoms with Crippen LogP contribution in [-0.4, -0.2) is 22.0 Å². The third-order valence-corrected chi connectivity index (χ3v) is 2.26. The largest absolute Gasteiger partial charge is 0.351 e. The molecule has 16 heavy (non-hydrogen) atoms. The van der Waals surface area contributed by atoms with Gasteiger partial charge in [-0.05, 0) is 17.7 Å². The molecule has 2 N–H and O–H groups in total. The van der Waals surface area contributed by atoms with Crippen molar-refractivity contribution in [2.24, 2.45) is 5.73 Å². The molecule has 2 rings (SSSR count). The van der Waals surface area contributed by atoms with E-state index in [-0.39, 0.29) is 0 Å². The molecule has 0 saturated carbocycles. The summed E-state index contributed by atoms with van der Waals surface area (Å²) in [5.74, 6) is 0. The van der Waals surface area contributed by atoms with Gasteiger partial charge >= 0.3 is 6.03 Å². The molecule has 0 atom stereocenters. The number of carbonyl (C=O) groups excluding carboxylic acids is 1. The first kappa shape index (κ1) is 10.5. The molecule has 2 aromatic rings. The third kappa shape index (κ3) is 1.73. The highest BCUT2D eigenvalue weighted by atomic mass is 19.3. The van der Waals surface area contributed by atoms with Crippen LogP contribution in [0.15, 0.2) is 24.5 Å². The predicted molar refractivity (Wildman–Crippen MR) is 54.4 cm³/mol. The summed E-state index contributed by atoms with van der Waals surface area (Å²) in [7, 11) is 0. The predicted octanol–water partition coefficient (Wildman–Crippen LogP) is 1.77. The van der Waals surface area contributed by atoms with E-state index in [2.05, 4.69) is 4.98 Å². The molecule has 0 aliphatic heterocycles. The lowest BCUT2D eigenvalue weighted by atomic mass is 10.2. The molecular weight excluding hydrogens is 216 g/mol. The number of carbonyl (C=O) groups is 1. The van der Waals surface area contributed by atoms with Crippen molar-refractivity contribution in [1.82, 2.24) is 9.55 Å². The van der Waals surface area contributed by atoms with Crippen LogP contribution in [0.25, 0.3) is 11.0 Å². The zero-order valence-corrected chi connectivity index (χ0v) is 8.23. The minimum Gasteiger partial charge on any atom is -0.351 e. The number of hydrogen-bond acceptors (Lipinski definition) is 2. The van der Waals surface area contributed by atoms with Crippen molar-refractivity contribution in [3.63, 3.8) is 0 Å². The maximum atomic E-state index is 12.3. The van der Waals surface area contributed by atoms with Crippen molar-refractivity contribution >= 4 is 17.1 Å². The Morgan fingerprint density at radius 2 is 2.31 bits per heavy atom. The zero-order chi connectivity index (χ0) is 11.7. The quantitative estimate of drug-likeness (QED) is 0.846. The normalized spacial score (nSPS) is 11.2. The fourth-order valence-electron chi connectivity index (χ4n) is 1.62. The van der Waals surface area contributed by atoms with Crippen LogP contribution in [0, 0.1) is 0 Å². The number of pyridine rings is 1. The summed E-state index contributed by atoms with van der Waals surface area (Å²) in [6.07, 6.45) is -0.0881. The van der Waals surface area contributed by atoms with E-state index < -0.39 is 18.9 Å². The van der Waals surface area contributed by atoms with Crippen LogP contribution in [0.5, 0.6) is 0 Å². The molecule has 1 amide bonds. The molecule has 0 unspecified atom stereocenters. The Labute approximate surface area is 89.7 Å². The van der Waals surface area contributed by atoms with E-state index in [0.29, 0.717) is 16.6 Å². The Balaban J connectivity index is 2.62. The Morgan fingerprint density at radius 3 is 2.94 bits per heavy atom. The highest BCUT2D eigenvalue weighted by Crippen LogP contribution is 2.21. The third-order valence-electron chi connectivity index (χ3n) is 2.26. The van der Waals surface area contributed by atoms with E-state index >= 15 is 0 Å². The molecule has 2 heterocycles. The van der Waals surface area contributed by atoms with E-state index in [1.807, 2.05) is 0 Å². The standard InChI is InChI=1S/C10H9F2N3O/c11-8(12)4-6-5-15(10(13)16)9-7(6)2-1-3-14-9/h1-3,5,8H,4H2,(H2,13,16). The Bertz CT molecular complexity index is 536. The molecule has 0 spiro atoms. The fourth-order valence-corrected chi connectivity index (χ4v) is 1.62. The lowest BCUT2D eigenvalue weighted by Gasteiger charge is -1.96. The second kappa shape index (κ2) is 3.88. The van der Waals surface area contributed by atoms with Crippen LogP contribution >= 0.6 is 0 Å². The van der Waals surface area contributed by atoms with Crippen molar-refractivity contribution in [3.8, 4) is 0 Å². The first-order valence-electron chi connectivity index (χ1n) is 4.62. The second-order valence-corrected chi connectivity index (χ2v) is 3.33. The van der Waals surface area contributed by atoms with Crippen molar-refractivity contribution < 1.29 is 13.6 Å². The molecular formula is C10H9F2N3O. The summed E-state index contributed by atoms with van der Waals surface area (Å²) in [5.41, 5.74) is 5.80. The average Bonchev–Trinajstić information content (AvgIpc) is 2.57. The summed E-state index contributed by atoms with van der Waals surface area (Å²) in [6, 6.07) is 2.53. The van der Waals surface area contributed by atoms with E-state index in [0.717, 1.165) is 4.57 Å². The van der Waals surface area contributed by atoms with Gasteiger partial charge in [-0.15, -0.1) is 0 Å². The monoisotopic (exact) mass is 225 g/mol. The molecule has 0 aromatic carbocycles. The number of hydrogen-bond donors (Lipinski definition) is 1. The van der Waals surface area contributed by atoms with E-state index in [9.17, 15) is 13.6 Å². The fraction of sp³-hybridized carbons (Fsp3) is 0.200. The van der Waals surface area contributed by atoms with Crippen LogP contribution in [0.4, 0.5) is 13.6 Å². The second-order valence-electron chi connectivity index (χ2n) is 3.33. The number of alkyl halides is 2. The van der Waals surface area contributed by atoms with Crippen LogP contribution in [-0.2, 0) is 6.42 Å². The van der Waals surface area contributed by atoms with Gasteiger partial charge in [-0.2, -0.15) is 0 Å². The molecule has 0 aliphatic rings. The molecule has 4 nitrogen and oxygen atoms in total. The average molecular weight is 225 g/mol.